The minimum absolute atomic E-state index is 0.236. The molecule has 2 aromatic carbocycles. The molecule has 0 atom stereocenters. The van der Waals surface area contributed by atoms with Crippen molar-refractivity contribution in [3.8, 4) is 11.5 Å². The number of aromatic nitrogens is 3. The van der Waals surface area contributed by atoms with Crippen LogP contribution in [-0.4, -0.2) is 54.3 Å². The lowest BCUT2D eigenvalue weighted by molar-refractivity contribution is 0.122. The van der Waals surface area contributed by atoms with E-state index in [2.05, 4.69) is 35.7 Å². The second-order valence-electron chi connectivity index (χ2n) is 7.36. The van der Waals surface area contributed by atoms with Crippen molar-refractivity contribution in [3.05, 3.63) is 53.6 Å². The van der Waals surface area contributed by atoms with Crippen molar-refractivity contribution in [3.63, 3.8) is 0 Å². The molecule has 3 heterocycles. The Morgan fingerprint density at radius 1 is 0.938 bits per heavy atom. The second-order valence-corrected chi connectivity index (χ2v) is 7.36. The minimum Gasteiger partial charge on any atom is -0.454 e. The Bertz CT molecular complexity index is 1120. The van der Waals surface area contributed by atoms with Crippen LogP contribution in [0.15, 0.2) is 47.6 Å². The van der Waals surface area contributed by atoms with Gasteiger partial charge < -0.3 is 24.4 Å². The maximum Gasteiger partial charge on any atom is 0.250 e. The van der Waals surface area contributed by atoms with Crippen LogP contribution in [0.1, 0.15) is 11.1 Å². The molecule has 0 unspecified atom stereocenters. The Balaban J connectivity index is 1.36. The van der Waals surface area contributed by atoms with E-state index < -0.39 is 0 Å². The molecule has 0 bridgehead atoms. The number of nitrogens with zero attached hydrogens (tertiary/aromatic N) is 5. The van der Waals surface area contributed by atoms with E-state index in [0.29, 0.717) is 49.9 Å². The highest BCUT2D eigenvalue weighted by molar-refractivity contribution is 5.81. The molecule has 2 aliphatic rings. The van der Waals surface area contributed by atoms with E-state index in [1.54, 1.807) is 6.21 Å². The Morgan fingerprint density at radius 2 is 1.72 bits per heavy atom. The summed E-state index contributed by atoms with van der Waals surface area (Å²) in [5.74, 6) is 2.78. The number of anilines is 4. The van der Waals surface area contributed by atoms with Gasteiger partial charge in [0.05, 0.1) is 19.4 Å². The van der Waals surface area contributed by atoms with Gasteiger partial charge in [0.2, 0.25) is 24.6 Å². The molecule has 0 aliphatic carbocycles. The number of nitrogens with one attached hydrogen (secondary N) is 2. The number of ether oxygens (including phenoxy) is 3. The van der Waals surface area contributed by atoms with Crippen LogP contribution in [0.25, 0.3) is 0 Å². The smallest absolute Gasteiger partial charge is 0.250 e. The van der Waals surface area contributed by atoms with Gasteiger partial charge in [0, 0.05) is 18.8 Å². The molecular weight excluding hydrogens is 410 g/mol. The Morgan fingerprint density at radius 3 is 2.56 bits per heavy atom. The Hall–Kier alpha value is -3.92. The van der Waals surface area contributed by atoms with Crippen LogP contribution in [0.2, 0.25) is 0 Å². The van der Waals surface area contributed by atoms with Crippen LogP contribution in [0, 0.1) is 6.92 Å². The summed E-state index contributed by atoms with van der Waals surface area (Å²) in [4.78, 5) is 15.7. The lowest BCUT2D eigenvalue weighted by Gasteiger charge is -2.27. The third kappa shape index (κ3) is 4.70. The van der Waals surface area contributed by atoms with Gasteiger partial charge in [0.15, 0.2) is 11.5 Å². The molecule has 2 N–H and O–H groups in total. The molecular formula is C22H23N7O3. The number of fused-ring (bicyclic) bond motifs is 1. The van der Waals surface area contributed by atoms with E-state index in [1.165, 1.54) is 5.56 Å². The molecule has 10 nitrogen and oxygen atoms in total. The topological polar surface area (TPSA) is 106 Å². The van der Waals surface area contributed by atoms with Crippen LogP contribution in [0.5, 0.6) is 11.5 Å². The summed E-state index contributed by atoms with van der Waals surface area (Å²) in [6.07, 6.45) is 1.67. The molecule has 2 aliphatic heterocycles. The first kappa shape index (κ1) is 20.0. The molecule has 10 heteroatoms. The minimum atomic E-state index is 0.236. The van der Waals surface area contributed by atoms with E-state index in [-0.39, 0.29) is 6.79 Å². The maximum absolute atomic E-state index is 5.45. The molecule has 164 valence electrons. The van der Waals surface area contributed by atoms with Crippen molar-refractivity contribution in [2.75, 3.05) is 48.7 Å². The largest absolute Gasteiger partial charge is 0.454 e. The van der Waals surface area contributed by atoms with Crippen molar-refractivity contribution >= 4 is 29.7 Å². The highest BCUT2D eigenvalue weighted by Gasteiger charge is 2.17. The van der Waals surface area contributed by atoms with Gasteiger partial charge >= 0.3 is 0 Å². The van der Waals surface area contributed by atoms with Gasteiger partial charge in [-0.15, -0.1) is 0 Å². The lowest BCUT2D eigenvalue weighted by atomic mass is 10.2. The van der Waals surface area contributed by atoms with E-state index in [1.807, 2.05) is 49.4 Å². The molecule has 0 spiro atoms. The van der Waals surface area contributed by atoms with Gasteiger partial charge in [0.25, 0.3) is 0 Å². The summed E-state index contributed by atoms with van der Waals surface area (Å²) in [6, 6.07) is 13.6. The van der Waals surface area contributed by atoms with E-state index >= 15 is 0 Å². The third-order valence-corrected chi connectivity index (χ3v) is 5.00. The van der Waals surface area contributed by atoms with Crippen molar-refractivity contribution in [1.29, 1.82) is 0 Å². The molecule has 1 saturated heterocycles. The number of hydrogen-bond acceptors (Lipinski definition) is 10. The predicted octanol–water partition coefficient (Wildman–Crippen LogP) is 2.93. The number of morpholine rings is 1. The fourth-order valence-electron chi connectivity index (χ4n) is 3.30. The van der Waals surface area contributed by atoms with Crippen LogP contribution in [-0.2, 0) is 4.74 Å². The van der Waals surface area contributed by atoms with Crippen molar-refractivity contribution < 1.29 is 14.2 Å². The van der Waals surface area contributed by atoms with Gasteiger partial charge in [-0.1, -0.05) is 17.7 Å². The first-order valence-electron chi connectivity index (χ1n) is 10.3. The highest BCUT2D eigenvalue weighted by Crippen LogP contribution is 2.32. The SMILES string of the molecule is Cc1ccc(Nc2nc(N/N=C\c3ccc4c(c3)OCO4)nc(N3CCOCC3)n2)cc1. The lowest BCUT2D eigenvalue weighted by Crippen LogP contribution is -2.37. The van der Waals surface area contributed by atoms with Gasteiger partial charge in [-0.05, 0) is 42.8 Å². The molecule has 0 amide bonds. The zero-order valence-electron chi connectivity index (χ0n) is 17.6. The van der Waals surface area contributed by atoms with Crippen molar-refractivity contribution in [1.82, 2.24) is 15.0 Å². The Labute approximate surface area is 185 Å². The summed E-state index contributed by atoms with van der Waals surface area (Å²) in [7, 11) is 0. The van der Waals surface area contributed by atoms with Crippen molar-refractivity contribution in [2.45, 2.75) is 6.92 Å². The molecule has 1 aromatic heterocycles. The monoisotopic (exact) mass is 433 g/mol. The fourth-order valence-corrected chi connectivity index (χ4v) is 3.30. The average Bonchev–Trinajstić information content (AvgIpc) is 3.29. The highest BCUT2D eigenvalue weighted by atomic mass is 16.7. The predicted molar refractivity (Wildman–Crippen MR) is 121 cm³/mol. The zero-order valence-corrected chi connectivity index (χ0v) is 17.6. The molecule has 5 rings (SSSR count). The number of hydrazone groups is 1. The summed E-state index contributed by atoms with van der Waals surface area (Å²) in [6.45, 7) is 4.99. The first-order chi connectivity index (χ1) is 15.7. The third-order valence-electron chi connectivity index (χ3n) is 5.00. The zero-order chi connectivity index (χ0) is 21.8. The number of aryl methyl sites for hydroxylation is 1. The van der Waals surface area contributed by atoms with Crippen molar-refractivity contribution in [2.24, 2.45) is 5.10 Å². The molecule has 32 heavy (non-hydrogen) atoms. The van der Waals surface area contributed by atoms with Gasteiger partial charge in [-0.3, -0.25) is 0 Å². The molecule has 3 aromatic rings. The summed E-state index contributed by atoms with van der Waals surface area (Å²) in [5.41, 5.74) is 5.85. The van der Waals surface area contributed by atoms with E-state index in [4.69, 9.17) is 14.2 Å². The van der Waals surface area contributed by atoms with Crippen LogP contribution in [0.4, 0.5) is 23.5 Å². The summed E-state index contributed by atoms with van der Waals surface area (Å²) in [5, 5.41) is 7.53. The number of rotatable bonds is 6. The molecule has 1 fully saturated rings. The summed E-state index contributed by atoms with van der Waals surface area (Å²) >= 11 is 0. The Kier molecular flexibility index (Phi) is 5.67. The first-order valence-corrected chi connectivity index (χ1v) is 10.3. The van der Waals surface area contributed by atoms with Crippen LogP contribution in [0.3, 0.4) is 0 Å². The second kappa shape index (κ2) is 9.06. The van der Waals surface area contributed by atoms with E-state index in [9.17, 15) is 0 Å². The van der Waals surface area contributed by atoms with Crippen LogP contribution < -0.4 is 25.1 Å². The van der Waals surface area contributed by atoms with Gasteiger partial charge in [-0.2, -0.15) is 20.1 Å². The quantitative estimate of drug-likeness (QED) is 0.448. The molecule has 0 saturated carbocycles. The van der Waals surface area contributed by atoms with Gasteiger partial charge in [-0.25, -0.2) is 5.43 Å². The summed E-state index contributed by atoms with van der Waals surface area (Å²) < 4.78 is 16.2. The number of benzene rings is 2. The average molecular weight is 433 g/mol. The maximum atomic E-state index is 5.45. The standard InChI is InChI=1S/C22H23N7O3/c1-15-2-5-17(6-3-15)24-20-25-21(27-22(26-20)29-8-10-30-11-9-29)28-23-13-16-4-7-18-19(12-16)32-14-31-18/h2-7,12-13H,8-11,14H2,1H3,(H2,24,25,26,27,28)/b23-13-. The van der Waals surface area contributed by atoms with E-state index in [0.717, 1.165) is 17.0 Å². The van der Waals surface area contributed by atoms with Gasteiger partial charge in [0.1, 0.15) is 0 Å². The molecule has 0 radical (unpaired) electrons. The van der Waals surface area contributed by atoms with Crippen LogP contribution >= 0.6 is 0 Å². The number of hydrogen-bond donors (Lipinski definition) is 2. The fraction of sp³-hybridized carbons (Fsp3) is 0.273. The normalized spacial score (nSPS) is 15.2.